The van der Waals surface area contributed by atoms with Crippen LogP contribution in [0, 0.1) is 5.82 Å². The standard InChI is InChI=1S/C17H18FNO3S/c1-19(11-13-5-2-3-7-15(13)18)16(20)12-22-17(21)9-8-14-6-4-10-23-14/h2-7,10H,8-9,11-12H2,1H3. The average Bonchev–Trinajstić information content (AvgIpc) is 3.06. The highest BCUT2D eigenvalue weighted by atomic mass is 32.1. The molecule has 0 N–H and O–H groups in total. The first-order valence-corrected chi connectivity index (χ1v) is 8.09. The predicted molar refractivity (Wildman–Crippen MR) is 86.5 cm³/mol. The summed E-state index contributed by atoms with van der Waals surface area (Å²) in [5, 5.41) is 1.95. The maximum Gasteiger partial charge on any atom is 0.306 e. The summed E-state index contributed by atoms with van der Waals surface area (Å²) in [6.45, 7) is -0.188. The summed E-state index contributed by atoms with van der Waals surface area (Å²) in [7, 11) is 1.55. The van der Waals surface area contributed by atoms with Crippen LogP contribution in [0.4, 0.5) is 4.39 Å². The van der Waals surface area contributed by atoms with Crippen molar-refractivity contribution >= 4 is 23.2 Å². The number of halogens is 1. The van der Waals surface area contributed by atoms with Gasteiger partial charge in [-0.2, -0.15) is 0 Å². The maximum atomic E-state index is 13.5. The predicted octanol–water partition coefficient (Wildman–Crippen LogP) is 3.02. The van der Waals surface area contributed by atoms with E-state index in [1.807, 2.05) is 17.5 Å². The van der Waals surface area contributed by atoms with Gasteiger partial charge in [0.05, 0.1) is 6.42 Å². The van der Waals surface area contributed by atoms with Gasteiger partial charge in [-0.3, -0.25) is 9.59 Å². The van der Waals surface area contributed by atoms with Crippen molar-refractivity contribution in [3.05, 3.63) is 58.0 Å². The van der Waals surface area contributed by atoms with Crippen molar-refractivity contribution in [2.45, 2.75) is 19.4 Å². The van der Waals surface area contributed by atoms with Gasteiger partial charge in [0.2, 0.25) is 0 Å². The zero-order chi connectivity index (χ0) is 16.7. The third-order valence-electron chi connectivity index (χ3n) is 3.30. The lowest BCUT2D eigenvalue weighted by molar-refractivity contribution is -0.151. The average molecular weight is 335 g/mol. The monoisotopic (exact) mass is 335 g/mol. The topological polar surface area (TPSA) is 46.6 Å². The molecule has 2 aromatic rings. The Hall–Kier alpha value is -2.21. The summed E-state index contributed by atoms with van der Waals surface area (Å²) >= 11 is 1.58. The fourth-order valence-corrected chi connectivity index (χ4v) is 2.68. The number of benzene rings is 1. The van der Waals surface area contributed by atoms with E-state index in [1.54, 1.807) is 36.6 Å². The fourth-order valence-electron chi connectivity index (χ4n) is 1.98. The molecule has 1 amide bonds. The van der Waals surface area contributed by atoms with Gasteiger partial charge in [-0.25, -0.2) is 4.39 Å². The molecule has 0 bridgehead atoms. The van der Waals surface area contributed by atoms with Gasteiger partial charge in [-0.05, 0) is 23.9 Å². The molecule has 1 heterocycles. The van der Waals surface area contributed by atoms with E-state index in [-0.39, 0.29) is 31.3 Å². The van der Waals surface area contributed by atoms with Gasteiger partial charge in [0, 0.05) is 24.0 Å². The first kappa shape index (κ1) is 17.1. The number of ether oxygens (including phenoxy) is 1. The van der Waals surface area contributed by atoms with Crippen molar-refractivity contribution in [2.75, 3.05) is 13.7 Å². The fraction of sp³-hybridized carbons (Fsp3) is 0.294. The minimum atomic E-state index is -0.411. The van der Waals surface area contributed by atoms with E-state index in [2.05, 4.69) is 0 Å². The molecule has 0 aliphatic rings. The Morgan fingerprint density at radius 1 is 1.22 bits per heavy atom. The van der Waals surface area contributed by atoms with Gasteiger partial charge in [-0.15, -0.1) is 11.3 Å². The number of nitrogens with zero attached hydrogens (tertiary/aromatic N) is 1. The number of likely N-dealkylation sites (N-methyl/N-ethyl adjacent to an activating group) is 1. The summed E-state index contributed by atoms with van der Waals surface area (Å²) in [6.07, 6.45) is 0.848. The third kappa shape index (κ3) is 5.49. The molecule has 1 aromatic carbocycles. The molecule has 0 radical (unpaired) electrons. The van der Waals surface area contributed by atoms with Crippen molar-refractivity contribution in [3.8, 4) is 0 Å². The molecule has 1 aromatic heterocycles. The molecule has 0 aliphatic carbocycles. The molecule has 2 rings (SSSR count). The highest BCUT2D eigenvalue weighted by Crippen LogP contribution is 2.11. The molecule has 0 saturated carbocycles. The Bertz CT molecular complexity index is 658. The highest BCUT2D eigenvalue weighted by molar-refractivity contribution is 7.09. The normalized spacial score (nSPS) is 10.3. The first-order valence-electron chi connectivity index (χ1n) is 7.21. The second-order valence-electron chi connectivity index (χ2n) is 5.08. The molecule has 0 atom stereocenters. The van der Waals surface area contributed by atoms with E-state index >= 15 is 0 Å². The number of aryl methyl sites for hydroxylation is 1. The van der Waals surface area contributed by atoms with Crippen LogP contribution in [0.5, 0.6) is 0 Å². The van der Waals surface area contributed by atoms with Crippen LogP contribution in [0.15, 0.2) is 41.8 Å². The molecule has 0 saturated heterocycles. The quantitative estimate of drug-likeness (QED) is 0.731. The largest absolute Gasteiger partial charge is 0.456 e. The van der Waals surface area contributed by atoms with E-state index in [4.69, 9.17) is 4.74 Å². The van der Waals surface area contributed by atoms with Gasteiger partial charge in [0.1, 0.15) is 5.82 Å². The summed E-state index contributed by atoms with van der Waals surface area (Å²) in [5.41, 5.74) is 0.423. The minimum Gasteiger partial charge on any atom is -0.456 e. The van der Waals surface area contributed by atoms with Crippen molar-refractivity contribution in [1.29, 1.82) is 0 Å². The highest BCUT2D eigenvalue weighted by Gasteiger charge is 2.14. The molecular formula is C17H18FNO3S. The molecule has 122 valence electrons. The van der Waals surface area contributed by atoms with Gasteiger partial charge < -0.3 is 9.64 Å². The Morgan fingerprint density at radius 3 is 2.70 bits per heavy atom. The Balaban J connectivity index is 1.73. The first-order chi connectivity index (χ1) is 11.1. The number of esters is 1. The van der Waals surface area contributed by atoms with Crippen molar-refractivity contribution in [1.82, 2.24) is 4.90 Å². The van der Waals surface area contributed by atoms with Crippen LogP contribution in [-0.2, 0) is 27.3 Å². The second-order valence-corrected chi connectivity index (χ2v) is 6.11. The van der Waals surface area contributed by atoms with Crippen LogP contribution in [-0.4, -0.2) is 30.4 Å². The molecule has 0 spiro atoms. The summed E-state index contributed by atoms with van der Waals surface area (Å²) in [5.74, 6) is -1.14. The van der Waals surface area contributed by atoms with Crippen LogP contribution in [0.3, 0.4) is 0 Å². The van der Waals surface area contributed by atoms with Crippen molar-refractivity contribution in [3.63, 3.8) is 0 Å². The summed E-state index contributed by atoms with van der Waals surface area (Å²) < 4.78 is 18.5. The zero-order valence-corrected chi connectivity index (χ0v) is 13.6. The van der Waals surface area contributed by atoms with Gasteiger partial charge in [-0.1, -0.05) is 24.3 Å². The van der Waals surface area contributed by atoms with E-state index < -0.39 is 5.97 Å². The third-order valence-corrected chi connectivity index (χ3v) is 4.24. The number of hydrogen-bond donors (Lipinski definition) is 0. The smallest absolute Gasteiger partial charge is 0.306 e. The summed E-state index contributed by atoms with van der Waals surface area (Å²) in [6, 6.07) is 10.1. The molecule has 23 heavy (non-hydrogen) atoms. The van der Waals surface area contributed by atoms with Gasteiger partial charge in [0.25, 0.3) is 5.91 Å². The van der Waals surface area contributed by atoms with Gasteiger partial charge in [0.15, 0.2) is 6.61 Å². The second kappa shape index (κ2) is 8.43. The maximum absolute atomic E-state index is 13.5. The molecule has 0 fully saturated rings. The van der Waals surface area contributed by atoms with E-state index in [0.29, 0.717) is 12.0 Å². The van der Waals surface area contributed by atoms with Crippen LogP contribution in [0.2, 0.25) is 0 Å². The van der Waals surface area contributed by atoms with E-state index in [0.717, 1.165) is 4.88 Å². The van der Waals surface area contributed by atoms with Crippen LogP contribution < -0.4 is 0 Å². The van der Waals surface area contributed by atoms with E-state index in [9.17, 15) is 14.0 Å². The lowest BCUT2D eigenvalue weighted by atomic mass is 10.2. The molecule has 4 nitrogen and oxygen atoms in total. The van der Waals surface area contributed by atoms with Crippen LogP contribution in [0.1, 0.15) is 16.9 Å². The number of thiophene rings is 1. The van der Waals surface area contributed by atoms with Crippen LogP contribution in [0.25, 0.3) is 0 Å². The molecule has 6 heteroatoms. The van der Waals surface area contributed by atoms with E-state index in [1.165, 1.54) is 11.0 Å². The minimum absolute atomic E-state index is 0.137. The molecule has 0 unspecified atom stereocenters. The number of rotatable bonds is 7. The van der Waals surface area contributed by atoms with Crippen molar-refractivity contribution < 1.29 is 18.7 Å². The molecular weight excluding hydrogens is 317 g/mol. The van der Waals surface area contributed by atoms with Gasteiger partial charge >= 0.3 is 5.97 Å². The number of amides is 1. The Labute approximate surface area is 138 Å². The SMILES string of the molecule is CN(Cc1ccccc1F)C(=O)COC(=O)CCc1cccs1. The number of hydrogen-bond acceptors (Lipinski definition) is 4. The lowest BCUT2D eigenvalue weighted by Crippen LogP contribution is -2.31. The lowest BCUT2D eigenvalue weighted by Gasteiger charge is -2.17. The van der Waals surface area contributed by atoms with Crippen LogP contribution >= 0.6 is 11.3 Å². The number of carbonyl (C=O) groups is 2. The number of carbonyl (C=O) groups excluding carboxylic acids is 2. The zero-order valence-electron chi connectivity index (χ0n) is 12.8. The Morgan fingerprint density at radius 2 is 2.00 bits per heavy atom. The molecule has 0 aliphatic heterocycles. The summed E-state index contributed by atoms with van der Waals surface area (Å²) in [4.78, 5) is 26.0. The Kier molecular flexibility index (Phi) is 6.29. The van der Waals surface area contributed by atoms with Crippen molar-refractivity contribution in [2.24, 2.45) is 0 Å².